The van der Waals surface area contributed by atoms with Gasteiger partial charge in [-0.1, -0.05) is 17.7 Å². The smallest absolute Gasteiger partial charge is 0.307 e. The Morgan fingerprint density at radius 2 is 2.14 bits per heavy atom. The van der Waals surface area contributed by atoms with Crippen molar-refractivity contribution in [3.05, 3.63) is 28.8 Å². The van der Waals surface area contributed by atoms with E-state index in [0.29, 0.717) is 10.6 Å². The van der Waals surface area contributed by atoms with Crippen LogP contribution in [0, 0.1) is 0 Å². The topological polar surface area (TPSA) is 40.5 Å². The predicted octanol–water partition coefficient (Wildman–Crippen LogP) is 2.03. The summed E-state index contributed by atoms with van der Waals surface area (Å²) >= 11 is 5.97. The van der Waals surface area contributed by atoms with Crippen LogP contribution in [0.5, 0.6) is 0 Å². The number of benzene rings is 1. The summed E-state index contributed by atoms with van der Waals surface area (Å²) in [7, 11) is 3.77. The summed E-state index contributed by atoms with van der Waals surface area (Å²) in [5.41, 5.74) is 1.61. The molecule has 0 aliphatic heterocycles. The minimum Gasteiger partial charge on any atom is -0.481 e. The van der Waals surface area contributed by atoms with Crippen LogP contribution in [0.1, 0.15) is 5.56 Å². The predicted molar refractivity (Wildman–Crippen MR) is 57.1 cm³/mol. The Morgan fingerprint density at radius 3 is 2.57 bits per heavy atom. The molecular formula is C10H12ClNO2. The van der Waals surface area contributed by atoms with Crippen molar-refractivity contribution in [1.29, 1.82) is 0 Å². The average Bonchev–Trinajstić information content (AvgIpc) is 2.01. The molecule has 0 amide bonds. The van der Waals surface area contributed by atoms with E-state index in [-0.39, 0.29) is 6.42 Å². The molecule has 3 nitrogen and oxygen atoms in total. The standard InChI is InChI=1S/C10H12ClNO2/c1-12(2)9-4-3-7(5-8(9)11)6-10(13)14/h3-5H,6H2,1-2H3,(H,13,14). The first-order valence-electron chi connectivity index (χ1n) is 4.18. The van der Waals surface area contributed by atoms with Gasteiger partial charge in [-0.05, 0) is 17.7 Å². The first-order valence-corrected chi connectivity index (χ1v) is 4.56. The third-order valence-electron chi connectivity index (χ3n) is 1.85. The van der Waals surface area contributed by atoms with Gasteiger partial charge in [-0.15, -0.1) is 0 Å². The first kappa shape index (κ1) is 10.9. The summed E-state index contributed by atoms with van der Waals surface area (Å²) in [6.07, 6.45) is 0.00737. The number of carbonyl (C=O) groups is 1. The number of carboxylic acid groups (broad SMARTS) is 1. The van der Waals surface area contributed by atoms with Crippen LogP contribution in [0.25, 0.3) is 0 Å². The van der Waals surface area contributed by atoms with Crippen molar-refractivity contribution in [1.82, 2.24) is 0 Å². The van der Waals surface area contributed by atoms with E-state index in [0.717, 1.165) is 5.69 Å². The molecule has 0 bridgehead atoms. The van der Waals surface area contributed by atoms with Gasteiger partial charge in [0, 0.05) is 14.1 Å². The highest BCUT2D eigenvalue weighted by Crippen LogP contribution is 2.25. The molecular weight excluding hydrogens is 202 g/mol. The number of carboxylic acids is 1. The van der Waals surface area contributed by atoms with Gasteiger partial charge in [0.15, 0.2) is 0 Å². The zero-order valence-corrected chi connectivity index (χ0v) is 8.88. The maximum atomic E-state index is 10.4. The minimum atomic E-state index is -0.848. The molecule has 0 spiro atoms. The number of nitrogens with zero attached hydrogens (tertiary/aromatic N) is 1. The summed E-state index contributed by atoms with van der Waals surface area (Å²) in [5.74, 6) is -0.848. The van der Waals surface area contributed by atoms with Gasteiger partial charge in [0.1, 0.15) is 0 Å². The summed E-state index contributed by atoms with van der Waals surface area (Å²) < 4.78 is 0. The molecule has 14 heavy (non-hydrogen) atoms. The third kappa shape index (κ3) is 2.64. The monoisotopic (exact) mass is 213 g/mol. The maximum absolute atomic E-state index is 10.4. The van der Waals surface area contributed by atoms with Crippen LogP contribution < -0.4 is 4.90 Å². The largest absolute Gasteiger partial charge is 0.481 e. The van der Waals surface area contributed by atoms with Gasteiger partial charge < -0.3 is 10.0 Å². The van der Waals surface area contributed by atoms with Gasteiger partial charge >= 0.3 is 5.97 Å². The van der Waals surface area contributed by atoms with Crippen LogP contribution >= 0.6 is 11.6 Å². The van der Waals surface area contributed by atoms with E-state index in [9.17, 15) is 4.79 Å². The Balaban J connectivity index is 2.94. The van der Waals surface area contributed by atoms with Gasteiger partial charge in [-0.2, -0.15) is 0 Å². The van der Waals surface area contributed by atoms with Crippen molar-refractivity contribution in [3.8, 4) is 0 Å². The second kappa shape index (κ2) is 4.33. The van der Waals surface area contributed by atoms with Gasteiger partial charge in [-0.3, -0.25) is 4.79 Å². The Bertz CT molecular complexity index is 350. The van der Waals surface area contributed by atoms with Crippen LogP contribution in [0.2, 0.25) is 5.02 Å². The molecule has 76 valence electrons. The molecule has 1 N–H and O–H groups in total. The van der Waals surface area contributed by atoms with Crippen LogP contribution in [-0.2, 0) is 11.2 Å². The number of hydrogen-bond donors (Lipinski definition) is 1. The molecule has 0 aromatic heterocycles. The summed E-state index contributed by atoms with van der Waals surface area (Å²) in [6.45, 7) is 0. The number of rotatable bonds is 3. The summed E-state index contributed by atoms with van der Waals surface area (Å²) in [5, 5.41) is 9.16. The Morgan fingerprint density at radius 1 is 1.50 bits per heavy atom. The fraction of sp³-hybridized carbons (Fsp3) is 0.300. The highest BCUT2D eigenvalue weighted by atomic mass is 35.5. The molecule has 0 saturated carbocycles. The molecule has 1 aromatic rings. The summed E-state index contributed by atoms with van der Waals surface area (Å²) in [6, 6.07) is 5.28. The Kier molecular flexibility index (Phi) is 3.36. The van der Waals surface area contributed by atoms with Crippen molar-refractivity contribution in [2.75, 3.05) is 19.0 Å². The number of hydrogen-bond acceptors (Lipinski definition) is 2. The van der Waals surface area contributed by atoms with Gasteiger partial charge in [0.05, 0.1) is 17.1 Å². The van der Waals surface area contributed by atoms with Crippen molar-refractivity contribution in [2.24, 2.45) is 0 Å². The van der Waals surface area contributed by atoms with Crippen LogP contribution in [0.15, 0.2) is 18.2 Å². The molecule has 0 unspecified atom stereocenters. The van der Waals surface area contributed by atoms with E-state index in [4.69, 9.17) is 16.7 Å². The molecule has 1 rings (SSSR count). The number of anilines is 1. The molecule has 0 aliphatic carbocycles. The SMILES string of the molecule is CN(C)c1ccc(CC(=O)O)cc1Cl. The highest BCUT2D eigenvalue weighted by molar-refractivity contribution is 6.33. The van der Waals surface area contributed by atoms with E-state index < -0.39 is 5.97 Å². The first-order chi connectivity index (χ1) is 6.50. The molecule has 4 heteroatoms. The van der Waals surface area contributed by atoms with E-state index in [1.54, 1.807) is 12.1 Å². The molecule has 0 saturated heterocycles. The quantitative estimate of drug-likeness (QED) is 0.836. The normalized spacial score (nSPS) is 9.93. The average molecular weight is 214 g/mol. The zero-order valence-electron chi connectivity index (χ0n) is 8.12. The molecule has 1 aromatic carbocycles. The molecule has 0 atom stereocenters. The third-order valence-corrected chi connectivity index (χ3v) is 2.15. The second-order valence-electron chi connectivity index (χ2n) is 3.25. The minimum absolute atomic E-state index is 0.00737. The van der Waals surface area contributed by atoms with Crippen molar-refractivity contribution >= 4 is 23.3 Å². The Hall–Kier alpha value is -1.22. The van der Waals surface area contributed by atoms with Gasteiger partial charge in [0.25, 0.3) is 0 Å². The van der Waals surface area contributed by atoms with E-state index in [1.165, 1.54) is 0 Å². The number of aliphatic carboxylic acids is 1. The van der Waals surface area contributed by atoms with E-state index in [2.05, 4.69) is 0 Å². The van der Waals surface area contributed by atoms with Crippen LogP contribution in [-0.4, -0.2) is 25.2 Å². The molecule has 0 fully saturated rings. The van der Waals surface area contributed by atoms with Crippen molar-refractivity contribution in [3.63, 3.8) is 0 Å². The van der Waals surface area contributed by atoms with Crippen LogP contribution in [0.4, 0.5) is 5.69 Å². The lowest BCUT2D eigenvalue weighted by Crippen LogP contribution is -2.09. The zero-order chi connectivity index (χ0) is 10.7. The fourth-order valence-electron chi connectivity index (χ4n) is 1.20. The van der Waals surface area contributed by atoms with E-state index in [1.807, 2.05) is 25.1 Å². The van der Waals surface area contributed by atoms with Crippen molar-refractivity contribution in [2.45, 2.75) is 6.42 Å². The van der Waals surface area contributed by atoms with Gasteiger partial charge in [-0.25, -0.2) is 0 Å². The lowest BCUT2D eigenvalue weighted by atomic mass is 10.1. The lowest BCUT2D eigenvalue weighted by Gasteiger charge is -2.14. The summed E-state index contributed by atoms with van der Waals surface area (Å²) in [4.78, 5) is 12.3. The number of halogens is 1. The molecule has 0 aliphatic rings. The van der Waals surface area contributed by atoms with E-state index >= 15 is 0 Å². The van der Waals surface area contributed by atoms with Crippen molar-refractivity contribution < 1.29 is 9.90 Å². The molecule has 0 radical (unpaired) electrons. The highest BCUT2D eigenvalue weighted by Gasteiger charge is 2.05. The Labute approximate surface area is 87.9 Å². The van der Waals surface area contributed by atoms with Gasteiger partial charge in [0.2, 0.25) is 0 Å². The van der Waals surface area contributed by atoms with Crippen LogP contribution in [0.3, 0.4) is 0 Å². The maximum Gasteiger partial charge on any atom is 0.307 e. The second-order valence-corrected chi connectivity index (χ2v) is 3.66. The molecule has 0 heterocycles. The lowest BCUT2D eigenvalue weighted by molar-refractivity contribution is -0.136. The fourth-order valence-corrected chi connectivity index (χ4v) is 1.57.